The van der Waals surface area contributed by atoms with Crippen molar-refractivity contribution in [1.82, 2.24) is 15.0 Å². The van der Waals surface area contributed by atoms with Crippen molar-refractivity contribution < 1.29 is 0 Å². The monoisotopic (exact) mass is 599 g/mol. The zero-order chi connectivity index (χ0) is 31.3. The van der Waals surface area contributed by atoms with E-state index in [2.05, 4.69) is 145 Å². The van der Waals surface area contributed by atoms with E-state index in [9.17, 15) is 0 Å². The van der Waals surface area contributed by atoms with E-state index in [4.69, 9.17) is 9.97 Å². The van der Waals surface area contributed by atoms with Gasteiger partial charge in [-0.3, -0.25) is 4.98 Å². The molecule has 47 heavy (non-hydrogen) atoms. The van der Waals surface area contributed by atoms with E-state index in [1.807, 2.05) is 24.5 Å². The number of nitrogens with zero attached hydrogens (tertiary/aromatic N) is 3. The Bertz CT molecular complexity index is 2540. The molecule has 0 unspecified atom stereocenters. The summed E-state index contributed by atoms with van der Waals surface area (Å²) in [7, 11) is 0. The van der Waals surface area contributed by atoms with Crippen LogP contribution in [-0.2, 0) is 0 Å². The molecule has 220 valence electrons. The molecule has 0 aliphatic heterocycles. The van der Waals surface area contributed by atoms with Crippen LogP contribution >= 0.6 is 0 Å². The van der Waals surface area contributed by atoms with Crippen LogP contribution in [0.1, 0.15) is 5.56 Å². The van der Waals surface area contributed by atoms with E-state index >= 15 is 0 Å². The van der Waals surface area contributed by atoms with Gasteiger partial charge in [-0.15, -0.1) is 0 Å². The Labute approximate surface area is 273 Å². The third kappa shape index (κ3) is 4.72. The molecule has 0 amide bonds. The zero-order valence-electron chi connectivity index (χ0n) is 25.9. The number of hydrogen-bond acceptors (Lipinski definition) is 3. The second-order valence-electron chi connectivity index (χ2n) is 12.1. The molecule has 0 saturated carbocycles. The molecule has 9 rings (SSSR count). The summed E-state index contributed by atoms with van der Waals surface area (Å²) in [6, 6.07) is 51.9. The minimum absolute atomic E-state index is 0.709. The van der Waals surface area contributed by atoms with E-state index in [0.29, 0.717) is 5.82 Å². The molecule has 0 N–H and O–H groups in total. The van der Waals surface area contributed by atoms with Crippen LogP contribution < -0.4 is 0 Å². The Morgan fingerprint density at radius 1 is 0.404 bits per heavy atom. The summed E-state index contributed by atoms with van der Waals surface area (Å²) in [5.74, 6) is 0.709. The van der Waals surface area contributed by atoms with Crippen LogP contribution in [0, 0.1) is 6.92 Å². The molecule has 0 bridgehead atoms. The topological polar surface area (TPSA) is 38.7 Å². The van der Waals surface area contributed by atoms with Crippen LogP contribution in [0.3, 0.4) is 0 Å². The summed E-state index contributed by atoms with van der Waals surface area (Å²) < 4.78 is 0. The van der Waals surface area contributed by atoms with Crippen molar-refractivity contribution in [2.24, 2.45) is 0 Å². The third-order valence-electron chi connectivity index (χ3n) is 9.32. The number of hydrogen-bond donors (Lipinski definition) is 0. The van der Waals surface area contributed by atoms with E-state index in [1.165, 1.54) is 49.0 Å². The van der Waals surface area contributed by atoms with Gasteiger partial charge in [0.05, 0.1) is 11.4 Å². The van der Waals surface area contributed by atoms with E-state index in [0.717, 1.165) is 39.2 Å². The summed E-state index contributed by atoms with van der Waals surface area (Å²) in [5.41, 5.74) is 10.8. The molecular weight excluding hydrogens is 571 g/mol. The van der Waals surface area contributed by atoms with Crippen LogP contribution in [-0.4, -0.2) is 15.0 Å². The number of rotatable bonds is 5. The average Bonchev–Trinajstić information content (AvgIpc) is 3.14. The molecule has 0 fully saturated rings. The second-order valence-corrected chi connectivity index (χ2v) is 12.1. The summed E-state index contributed by atoms with van der Waals surface area (Å²) in [5, 5.41) is 7.77. The predicted octanol–water partition coefficient (Wildman–Crippen LogP) is 11.4. The lowest BCUT2D eigenvalue weighted by Gasteiger charge is -2.14. The van der Waals surface area contributed by atoms with Gasteiger partial charge in [-0.2, -0.15) is 0 Å². The first-order valence-electron chi connectivity index (χ1n) is 15.9. The van der Waals surface area contributed by atoms with Crippen molar-refractivity contribution in [3.63, 3.8) is 0 Å². The van der Waals surface area contributed by atoms with Gasteiger partial charge in [0.1, 0.15) is 0 Å². The molecule has 9 aromatic rings. The third-order valence-corrected chi connectivity index (χ3v) is 9.32. The fourth-order valence-electron chi connectivity index (χ4n) is 6.89. The van der Waals surface area contributed by atoms with Crippen molar-refractivity contribution in [1.29, 1.82) is 0 Å². The second kappa shape index (κ2) is 11.0. The highest BCUT2D eigenvalue weighted by Gasteiger charge is 2.15. The lowest BCUT2D eigenvalue weighted by molar-refractivity contribution is 1.18. The number of benzene rings is 7. The lowest BCUT2D eigenvalue weighted by Crippen LogP contribution is -1.97. The Hall–Kier alpha value is -6.19. The van der Waals surface area contributed by atoms with Gasteiger partial charge < -0.3 is 0 Å². The normalized spacial score (nSPS) is 11.5. The highest BCUT2D eigenvalue weighted by molar-refractivity contribution is 6.25. The summed E-state index contributed by atoms with van der Waals surface area (Å²) in [4.78, 5) is 14.4. The van der Waals surface area contributed by atoms with E-state index in [-0.39, 0.29) is 0 Å². The molecule has 0 aliphatic carbocycles. The Balaban J connectivity index is 1.14. The quantitative estimate of drug-likeness (QED) is 0.185. The van der Waals surface area contributed by atoms with Gasteiger partial charge in [0.15, 0.2) is 5.82 Å². The van der Waals surface area contributed by atoms with Gasteiger partial charge in [0.25, 0.3) is 0 Å². The molecule has 0 saturated heterocycles. The maximum atomic E-state index is 5.12. The van der Waals surface area contributed by atoms with Crippen molar-refractivity contribution in [2.45, 2.75) is 6.92 Å². The van der Waals surface area contributed by atoms with Gasteiger partial charge in [-0.05, 0) is 85.3 Å². The molecule has 0 atom stereocenters. The van der Waals surface area contributed by atoms with E-state index < -0.39 is 0 Å². The maximum Gasteiger partial charge on any atom is 0.160 e. The molecule has 2 heterocycles. The van der Waals surface area contributed by atoms with Gasteiger partial charge in [0.2, 0.25) is 0 Å². The van der Waals surface area contributed by atoms with Gasteiger partial charge in [-0.1, -0.05) is 127 Å². The molecule has 0 radical (unpaired) electrons. The summed E-state index contributed by atoms with van der Waals surface area (Å²) in [6.07, 6.45) is 3.65. The van der Waals surface area contributed by atoms with Crippen molar-refractivity contribution in [3.8, 4) is 56.2 Å². The Morgan fingerprint density at radius 2 is 1.00 bits per heavy atom. The first-order chi connectivity index (χ1) is 23.2. The van der Waals surface area contributed by atoms with Crippen molar-refractivity contribution in [3.05, 3.63) is 164 Å². The molecule has 3 heteroatoms. The largest absolute Gasteiger partial charge is 0.265 e. The fourth-order valence-corrected chi connectivity index (χ4v) is 6.89. The van der Waals surface area contributed by atoms with Crippen LogP contribution in [0.5, 0.6) is 0 Å². The minimum Gasteiger partial charge on any atom is -0.265 e. The molecule has 2 aromatic heterocycles. The van der Waals surface area contributed by atoms with Crippen LogP contribution in [0.15, 0.2) is 158 Å². The van der Waals surface area contributed by atoms with Crippen LogP contribution in [0.25, 0.3) is 88.5 Å². The zero-order valence-corrected chi connectivity index (χ0v) is 25.9. The highest BCUT2D eigenvalue weighted by atomic mass is 14.9. The standard InChI is InChI=1S/C44H29N3/c1-28-5-2-3-8-37(28)41-27-40(32-13-9-29(10-14-32)30-23-25-45-26-24-30)46-44(47-41)36-17-11-31(12-18-36)38-21-19-35-16-15-33-6-4-7-34-20-22-39(38)43(35)42(33)34/h2-27H,1H3. The number of aromatic nitrogens is 3. The smallest absolute Gasteiger partial charge is 0.160 e. The van der Waals surface area contributed by atoms with Gasteiger partial charge >= 0.3 is 0 Å². The summed E-state index contributed by atoms with van der Waals surface area (Å²) in [6.45, 7) is 2.13. The number of pyridine rings is 1. The average molecular weight is 600 g/mol. The highest BCUT2D eigenvalue weighted by Crippen LogP contribution is 2.40. The fraction of sp³-hybridized carbons (Fsp3) is 0.0227. The Kier molecular flexibility index (Phi) is 6.36. The molecule has 0 aliphatic rings. The summed E-state index contributed by atoms with van der Waals surface area (Å²) >= 11 is 0. The molecule has 3 nitrogen and oxygen atoms in total. The first-order valence-corrected chi connectivity index (χ1v) is 15.9. The Morgan fingerprint density at radius 3 is 1.77 bits per heavy atom. The number of aryl methyl sites for hydroxylation is 1. The lowest BCUT2D eigenvalue weighted by atomic mass is 9.90. The SMILES string of the molecule is Cc1ccccc1-c1cc(-c2ccc(-c3ccncc3)cc2)nc(-c2ccc(-c3ccc4ccc5cccc6ccc3c4c56)cc2)n1. The molecule has 0 spiro atoms. The molecular formula is C44H29N3. The van der Waals surface area contributed by atoms with Gasteiger partial charge in [-0.25, -0.2) is 9.97 Å². The van der Waals surface area contributed by atoms with Crippen molar-refractivity contribution in [2.75, 3.05) is 0 Å². The van der Waals surface area contributed by atoms with Gasteiger partial charge in [0, 0.05) is 29.1 Å². The minimum atomic E-state index is 0.709. The van der Waals surface area contributed by atoms with Crippen LogP contribution in [0.4, 0.5) is 0 Å². The molecule has 7 aromatic carbocycles. The van der Waals surface area contributed by atoms with Crippen LogP contribution in [0.2, 0.25) is 0 Å². The first kappa shape index (κ1) is 27.1. The van der Waals surface area contributed by atoms with Crippen molar-refractivity contribution >= 4 is 32.3 Å². The van der Waals surface area contributed by atoms with E-state index in [1.54, 1.807) is 0 Å². The predicted molar refractivity (Wildman–Crippen MR) is 195 cm³/mol. The maximum absolute atomic E-state index is 5.12.